The molecule has 0 aliphatic rings. The van der Waals surface area contributed by atoms with Crippen LogP contribution in [0.2, 0.25) is 0 Å². The second-order valence-corrected chi connectivity index (χ2v) is 7.03. The van der Waals surface area contributed by atoms with Crippen LogP contribution < -0.4 is 5.73 Å². The molecule has 0 radical (unpaired) electrons. The van der Waals surface area contributed by atoms with E-state index in [0.717, 1.165) is 5.39 Å². The monoisotopic (exact) mass is 308 g/mol. The predicted octanol–water partition coefficient (Wildman–Crippen LogP) is 1.81. The molecule has 114 valence electrons. The van der Waals surface area contributed by atoms with E-state index >= 15 is 0 Å². The first kappa shape index (κ1) is 15.8. The maximum atomic E-state index is 12.8. The van der Waals surface area contributed by atoms with Gasteiger partial charge in [-0.25, -0.2) is 8.42 Å². The molecule has 0 saturated carbocycles. The van der Waals surface area contributed by atoms with Gasteiger partial charge < -0.3 is 10.8 Å². The van der Waals surface area contributed by atoms with Crippen molar-refractivity contribution in [1.82, 2.24) is 4.31 Å². The van der Waals surface area contributed by atoms with E-state index in [4.69, 9.17) is 10.8 Å². The third-order valence-corrected chi connectivity index (χ3v) is 5.48. The highest BCUT2D eigenvalue weighted by Gasteiger charge is 2.27. The van der Waals surface area contributed by atoms with Crippen molar-refractivity contribution in [2.75, 3.05) is 18.9 Å². The summed E-state index contributed by atoms with van der Waals surface area (Å²) in [6.45, 7) is 3.44. The van der Waals surface area contributed by atoms with Gasteiger partial charge >= 0.3 is 0 Å². The van der Waals surface area contributed by atoms with Crippen LogP contribution in [0, 0.1) is 0 Å². The summed E-state index contributed by atoms with van der Waals surface area (Å²) in [4.78, 5) is 0.238. The molecule has 0 amide bonds. The number of anilines is 1. The average Bonchev–Trinajstić information content (AvgIpc) is 2.43. The van der Waals surface area contributed by atoms with Crippen LogP contribution >= 0.6 is 0 Å². The Morgan fingerprint density at radius 2 is 1.95 bits per heavy atom. The molecule has 0 aromatic heterocycles. The van der Waals surface area contributed by atoms with Crippen molar-refractivity contribution in [3.8, 4) is 0 Å². The van der Waals surface area contributed by atoms with Crippen molar-refractivity contribution in [3.05, 3.63) is 36.4 Å². The topological polar surface area (TPSA) is 83.6 Å². The number of aliphatic hydroxyl groups excluding tert-OH is 1. The summed E-state index contributed by atoms with van der Waals surface area (Å²) in [5.74, 6) is 0. The van der Waals surface area contributed by atoms with Crippen LogP contribution in [0.15, 0.2) is 41.3 Å². The minimum absolute atomic E-state index is 0.0748. The Morgan fingerprint density at radius 3 is 2.57 bits per heavy atom. The molecule has 0 bridgehead atoms. The molecule has 2 aromatic carbocycles. The minimum atomic E-state index is -3.67. The van der Waals surface area contributed by atoms with Crippen LogP contribution in [0.5, 0.6) is 0 Å². The van der Waals surface area contributed by atoms with E-state index in [2.05, 4.69) is 0 Å². The maximum Gasteiger partial charge on any atom is 0.243 e. The third-order valence-electron chi connectivity index (χ3n) is 3.35. The van der Waals surface area contributed by atoms with Crippen LogP contribution in [0.4, 0.5) is 5.69 Å². The Hall–Kier alpha value is -1.63. The number of benzene rings is 2. The summed E-state index contributed by atoms with van der Waals surface area (Å²) >= 11 is 0. The van der Waals surface area contributed by atoms with Gasteiger partial charge in [0.15, 0.2) is 0 Å². The number of nitrogens with two attached hydrogens (primary N) is 1. The molecular weight excluding hydrogens is 288 g/mol. The Bertz CT molecular complexity index is 742. The van der Waals surface area contributed by atoms with Gasteiger partial charge in [0.2, 0.25) is 10.0 Å². The molecule has 0 saturated heterocycles. The summed E-state index contributed by atoms with van der Waals surface area (Å²) in [5, 5.41) is 10.5. The molecule has 6 heteroatoms. The number of nitrogens with zero attached hydrogens (tertiary/aromatic N) is 1. The number of fused-ring (bicyclic) bond motifs is 1. The summed E-state index contributed by atoms with van der Waals surface area (Å²) in [7, 11) is -3.67. The van der Waals surface area contributed by atoms with Crippen LogP contribution in [-0.4, -0.2) is 37.0 Å². The molecule has 5 nitrogen and oxygen atoms in total. The smallest absolute Gasteiger partial charge is 0.243 e. The first-order chi connectivity index (χ1) is 9.87. The number of rotatable bonds is 5. The first-order valence-corrected chi connectivity index (χ1v) is 8.23. The van der Waals surface area contributed by atoms with E-state index in [0.29, 0.717) is 11.1 Å². The van der Waals surface area contributed by atoms with Crippen LogP contribution in [0.1, 0.15) is 13.8 Å². The highest BCUT2D eigenvalue weighted by molar-refractivity contribution is 7.89. The van der Waals surface area contributed by atoms with Gasteiger partial charge in [0.25, 0.3) is 0 Å². The van der Waals surface area contributed by atoms with Crippen LogP contribution in [0.25, 0.3) is 10.8 Å². The lowest BCUT2D eigenvalue weighted by atomic mass is 10.1. The van der Waals surface area contributed by atoms with E-state index in [9.17, 15) is 8.42 Å². The lowest BCUT2D eigenvalue weighted by Gasteiger charge is -2.25. The molecule has 0 unspecified atom stereocenters. The normalized spacial score (nSPS) is 12.4. The standard InChI is InChI=1S/C15H20N2O3S/c1-11(2)17(8-9-18)21(19,20)15-5-3-4-12-10-13(16)6-7-14(12)15/h3-7,10-11,18H,8-9,16H2,1-2H3. The van der Waals surface area contributed by atoms with Crippen LogP contribution in [-0.2, 0) is 10.0 Å². The van der Waals surface area contributed by atoms with E-state index in [1.807, 2.05) is 6.07 Å². The van der Waals surface area contributed by atoms with E-state index in [1.54, 1.807) is 44.2 Å². The molecule has 3 N–H and O–H groups in total. The molecule has 0 aliphatic carbocycles. The molecule has 0 heterocycles. The number of sulfonamides is 1. The highest BCUT2D eigenvalue weighted by Crippen LogP contribution is 2.28. The maximum absolute atomic E-state index is 12.8. The number of hydrogen-bond donors (Lipinski definition) is 2. The average molecular weight is 308 g/mol. The van der Waals surface area contributed by atoms with Gasteiger partial charge in [-0.15, -0.1) is 0 Å². The lowest BCUT2D eigenvalue weighted by Crippen LogP contribution is -2.39. The third kappa shape index (κ3) is 3.02. The van der Waals surface area contributed by atoms with Gasteiger partial charge in [-0.05, 0) is 37.4 Å². The molecule has 2 aromatic rings. The van der Waals surface area contributed by atoms with Gasteiger partial charge in [0.1, 0.15) is 0 Å². The molecular formula is C15H20N2O3S. The Morgan fingerprint density at radius 1 is 1.24 bits per heavy atom. The summed E-state index contributed by atoms with van der Waals surface area (Å²) in [5.41, 5.74) is 6.34. The van der Waals surface area contributed by atoms with Crippen molar-refractivity contribution in [2.24, 2.45) is 0 Å². The zero-order chi connectivity index (χ0) is 15.6. The van der Waals surface area contributed by atoms with Gasteiger partial charge in [-0.1, -0.05) is 18.2 Å². The predicted molar refractivity (Wildman–Crippen MR) is 84.5 cm³/mol. The minimum Gasteiger partial charge on any atom is -0.399 e. The molecule has 0 spiro atoms. The zero-order valence-electron chi connectivity index (χ0n) is 12.2. The molecule has 2 rings (SSSR count). The Balaban J connectivity index is 2.64. The summed E-state index contributed by atoms with van der Waals surface area (Å²) in [6, 6.07) is 10.0. The van der Waals surface area contributed by atoms with Crippen LogP contribution in [0.3, 0.4) is 0 Å². The van der Waals surface area contributed by atoms with E-state index < -0.39 is 10.0 Å². The second-order valence-electron chi connectivity index (χ2n) is 5.17. The fraction of sp³-hybridized carbons (Fsp3) is 0.333. The van der Waals surface area contributed by atoms with Crippen molar-refractivity contribution >= 4 is 26.5 Å². The highest BCUT2D eigenvalue weighted by atomic mass is 32.2. The van der Waals surface area contributed by atoms with Gasteiger partial charge in [0.05, 0.1) is 11.5 Å². The van der Waals surface area contributed by atoms with Gasteiger partial charge in [-0.3, -0.25) is 0 Å². The number of aliphatic hydroxyl groups is 1. The Labute approximate surface area is 125 Å². The fourth-order valence-electron chi connectivity index (χ4n) is 2.38. The lowest BCUT2D eigenvalue weighted by molar-refractivity contribution is 0.236. The van der Waals surface area contributed by atoms with Gasteiger partial charge in [0, 0.05) is 23.7 Å². The quantitative estimate of drug-likeness (QED) is 0.825. The van der Waals surface area contributed by atoms with Crippen molar-refractivity contribution in [2.45, 2.75) is 24.8 Å². The largest absolute Gasteiger partial charge is 0.399 e. The van der Waals surface area contributed by atoms with Gasteiger partial charge in [-0.2, -0.15) is 4.31 Å². The van der Waals surface area contributed by atoms with Crippen molar-refractivity contribution < 1.29 is 13.5 Å². The van der Waals surface area contributed by atoms with E-state index in [1.165, 1.54) is 4.31 Å². The van der Waals surface area contributed by atoms with E-state index in [-0.39, 0.29) is 24.1 Å². The summed E-state index contributed by atoms with van der Waals surface area (Å²) in [6.07, 6.45) is 0. The fourth-order valence-corrected chi connectivity index (χ4v) is 4.22. The first-order valence-electron chi connectivity index (χ1n) is 6.79. The second kappa shape index (κ2) is 6.01. The van der Waals surface area contributed by atoms with Crippen molar-refractivity contribution in [3.63, 3.8) is 0 Å². The molecule has 0 atom stereocenters. The zero-order valence-corrected chi connectivity index (χ0v) is 13.0. The van der Waals surface area contributed by atoms with Crippen molar-refractivity contribution in [1.29, 1.82) is 0 Å². The molecule has 21 heavy (non-hydrogen) atoms. The Kier molecular flexibility index (Phi) is 4.51. The molecule has 0 aliphatic heterocycles. The number of hydrogen-bond acceptors (Lipinski definition) is 4. The number of nitrogen functional groups attached to an aromatic ring is 1. The SMILES string of the molecule is CC(C)N(CCO)S(=O)(=O)c1cccc2cc(N)ccc12. The molecule has 0 fully saturated rings. The summed E-state index contributed by atoms with van der Waals surface area (Å²) < 4.78 is 27.0.